The van der Waals surface area contributed by atoms with Gasteiger partial charge in [-0.05, 0) is 76.3 Å². The fraction of sp³-hybridized carbons (Fsp3) is 0.292. The quantitative estimate of drug-likeness (QED) is 0.553. The summed E-state index contributed by atoms with van der Waals surface area (Å²) in [5, 5.41) is 0. The summed E-state index contributed by atoms with van der Waals surface area (Å²) in [5.41, 5.74) is 4.92. The molecule has 0 saturated heterocycles. The van der Waals surface area contributed by atoms with Crippen molar-refractivity contribution in [2.75, 3.05) is 0 Å². The molecule has 0 radical (unpaired) electrons. The number of aryl methyl sites for hydroxylation is 2. The molecule has 1 aliphatic rings. The molecule has 1 N–H and O–H groups in total. The summed E-state index contributed by atoms with van der Waals surface area (Å²) in [6.07, 6.45) is 13.8. The van der Waals surface area contributed by atoms with E-state index in [0.717, 1.165) is 65.3 Å². The first-order valence-electron chi connectivity index (χ1n) is 9.62. The van der Waals surface area contributed by atoms with Crippen LogP contribution in [0.2, 0.25) is 0 Å². The van der Waals surface area contributed by atoms with Gasteiger partial charge in [-0.15, -0.1) is 0 Å². The van der Waals surface area contributed by atoms with Crippen LogP contribution in [0.15, 0.2) is 65.2 Å². The smallest absolute Gasteiger partial charge is 0.193 e. The van der Waals surface area contributed by atoms with Crippen LogP contribution >= 0.6 is 0 Å². The van der Waals surface area contributed by atoms with Crippen molar-refractivity contribution >= 4 is 0 Å². The molecule has 1 aromatic heterocycles. The van der Waals surface area contributed by atoms with Crippen LogP contribution in [0.1, 0.15) is 43.6 Å². The monoisotopic (exact) mass is 361 g/mol. The summed E-state index contributed by atoms with van der Waals surface area (Å²) in [6, 6.07) is 7.76. The van der Waals surface area contributed by atoms with E-state index in [1.165, 1.54) is 0 Å². The first-order valence-corrected chi connectivity index (χ1v) is 9.62. The van der Waals surface area contributed by atoms with Gasteiger partial charge >= 0.3 is 0 Å². The van der Waals surface area contributed by atoms with Gasteiger partial charge in [0.25, 0.3) is 0 Å². The maximum absolute atomic E-state index is 13.0. The molecule has 0 saturated carbocycles. The van der Waals surface area contributed by atoms with Crippen LogP contribution in [0.4, 0.5) is 0 Å². The molecule has 0 bridgehead atoms. The first kappa shape index (κ1) is 19.0. The van der Waals surface area contributed by atoms with Crippen molar-refractivity contribution in [1.82, 2.24) is 4.98 Å². The van der Waals surface area contributed by atoms with Gasteiger partial charge in [0.2, 0.25) is 0 Å². The number of allylic oxidation sites excluding steroid dienone is 5. The van der Waals surface area contributed by atoms with Gasteiger partial charge in [-0.1, -0.05) is 30.4 Å². The SMILES string of the molecule is C\C=C/C=C(\C=C/C)Oc1ccc(-c2c(C)[nH]c3c(c2=O)CCCC3)cc1. The fourth-order valence-corrected chi connectivity index (χ4v) is 3.56. The molecular weight excluding hydrogens is 334 g/mol. The minimum absolute atomic E-state index is 0.178. The van der Waals surface area contributed by atoms with Crippen LogP contribution in [0.25, 0.3) is 11.1 Å². The van der Waals surface area contributed by atoms with Gasteiger partial charge in [-0.25, -0.2) is 0 Å². The third-order valence-electron chi connectivity index (χ3n) is 4.84. The molecule has 27 heavy (non-hydrogen) atoms. The number of pyridine rings is 1. The lowest BCUT2D eigenvalue weighted by atomic mass is 9.91. The van der Waals surface area contributed by atoms with Crippen molar-refractivity contribution in [3.8, 4) is 16.9 Å². The molecule has 0 unspecified atom stereocenters. The van der Waals surface area contributed by atoms with E-state index in [2.05, 4.69) is 4.98 Å². The van der Waals surface area contributed by atoms with Crippen LogP contribution in [-0.2, 0) is 12.8 Å². The predicted molar refractivity (Wildman–Crippen MR) is 112 cm³/mol. The summed E-state index contributed by atoms with van der Waals surface area (Å²) >= 11 is 0. The van der Waals surface area contributed by atoms with E-state index in [9.17, 15) is 4.79 Å². The van der Waals surface area contributed by atoms with Crippen LogP contribution in [-0.4, -0.2) is 4.98 Å². The number of hydrogen-bond acceptors (Lipinski definition) is 2. The molecule has 0 atom stereocenters. The Labute approximate surface area is 161 Å². The lowest BCUT2D eigenvalue weighted by Gasteiger charge is -2.18. The molecule has 3 nitrogen and oxygen atoms in total. The number of rotatable bonds is 5. The molecule has 3 rings (SSSR count). The van der Waals surface area contributed by atoms with E-state index >= 15 is 0 Å². The van der Waals surface area contributed by atoms with Gasteiger partial charge in [0, 0.05) is 22.5 Å². The van der Waals surface area contributed by atoms with E-state index in [-0.39, 0.29) is 5.43 Å². The maximum Gasteiger partial charge on any atom is 0.193 e. The van der Waals surface area contributed by atoms with E-state index in [1.807, 2.05) is 75.4 Å². The van der Waals surface area contributed by atoms with E-state index in [0.29, 0.717) is 0 Å². The minimum Gasteiger partial charge on any atom is -0.457 e. The van der Waals surface area contributed by atoms with Crippen molar-refractivity contribution in [1.29, 1.82) is 0 Å². The van der Waals surface area contributed by atoms with Crippen LogP contribution in [0, 0.1) is 6.92 Å². The largest absolute Gasteiger partial charge is 0.457 e. The highest BCUT2D eigenvalue weighted by molar-refractivity contribution is 5.67. The molecule has 3 heteroatoms. The highest BCUT2D eigenvalue weighted by atomic mass is 16.5. The van der Waals surface area contributed by atoms with Crippen molar-refractivity contribution in [2.24, 2.45) is 0 Å². The van der Waals surface area contributed by atoms with Gasteiger partial charge < -0.3 is 9.72 Å². The van der Waals surface area contributed by atoms with Crippen LogP contribution < -0.4 is 10.2 Å². The number of H-pyrrole nitrogens is 1. The molecule has 1 aromatic carbocycles. The molecule has 0 amide bonds. The standard InChI is InChI=1S/C24H27NO2/c1-4-6-10-19(9-5-2)27-20-15-13-18(14-16-20)23-17(3)25-22-12-8-7-11-21(22)24(23)26/h4-6,9-10,13-16H,7-8,11-12H2,1-3H3,(H,25,26)/b6-4-,9-5-,19-10+. The average molecular weight is 361 g/mol. The molecule has 1 heterocycles. The van der Waals surface area contributed by atoms with Gasteiger partial charge in [-0.2, -0.15) is 0 Å². The Kier molecular flexibility index (Phi) is 6.12. The number of aromatic amines is 1. The number of aromatic nitrogens is 1. The molecule has 1 aliphatic carbocycles. The number of benzene rings is 1. The third kappa shape index (κ3) is 4.30. The lowest BCUT2D eigenvalue weighted by molar-refractivity contribution is 0.444. The number of fused-ring (bicyclic) bond motifs is 1. The summed E-state index contributed by atoms with van der Waals surface area (Å²) in [6.45, 7) is 5.91. The Morgan fingerprint density at radius 3 is 2.52 bits per heavy atom. The highest BCUT2D eigenvalue weighted by Crippen LogP contribution is 2.26. The van der Waals surface area contributed by atoms with E-state index in [1.54, 1.807) is 0 Å². The second-order valence-corrected chi connectivity index (χ2v) is 6.84. The lowest BCUT2D eigenvalue weighted by Crippen LogP contribution is -2.21. The van der Waals surface area contributed by atoms with E-state index < -0.39 is 0 Å². The zero-order valence-corrected chi connectivity index (χ0v) is 16.3. The zero-order chi connectivity index (χ0) is 19.2. The molecule has 140 valence electrons. The molecule has 0 spiro atoms. The van der Waals surface area contributed by atoms with Gasteiger partial charge in [-0.3, -0.25) is 4.79 Å². The van der Waals surface area contributed by atoms with Crippen molar-refractivity contribution < 1.29 is 4.74 Å². The molecule has 0 aliphatic heterocycles. The molecule has 0 fully saturated rings. The topological polar surface area (TPSA) is 42.1 Å². The molecule has 2 aromatic rings. The predicted octanol–water partition coefficient (Wildman–Crippen LogP) is 5.64. The van der Waals surface area contributed by atoms with Crippen LogP contribution in [0.5, 0.6) is 5.75 Å². The number of nitrogens with one attached hydrogen (secondary N) is 1. The van der Waals surface area contributed by atoms with Gasteiger partial charge in [0.05, 0.1) is 0 Å². The molecular formula is C24H27NO2. The Bertz CT molecular complexity index is 944. The average Bonchev–Trinajstić information content (AvgIpc) is 2.67. The fourth-order valence-electron chi connectivity index (χ4n) is 3.56. The van der Waals surface area contributed by atoms with Crippen molar-refractivity contribution in [3.63, 3.8) is 0 Å². The minimum atomic E-state index is 0.178. The second kappa shape index (κ2) is 8.72. The van der Waals surface area contributed by atoms with Gasteiger partial charge in [0.1, 0.15) is 11.5 Å². The number of ether oxygens (including phenoxy) is 1. The Morgan fingerprint density at radius 2 is 1.81 bits per heavy atom. The summed E-state index contributed by atoms with van der Waals surface area (Å²) < 4.78 is 5.94. The van der Waals surface area contributed by atoms with Gasteiger partial charge in [0.15, 0.2) is 5.43 Å². The maximum atomic E-state index is 13.0. The highest BCUT2D eigenvalue weighted by Gasteiger charge is 2.18. The Morgan fingerprint density at radius 1 is 1.07 bits per heavy atom. The summed E-state index contributed by atoms with van der Waals surface area (Å²) in [4.78, 5) is 16.5. The summed E-state index contributed by atoms with van der Waals surface area (Å²) in [5.74, 6) is 1.52. The Balaban J connectivity index is 1.91. The number of hydrogen-bond donors (Lipinski definition) is 1. The first-order chi connectivity index (χ1) is 13.1. The zero-order valence-electron chi connectivity index (χ0n) is 16.3. The van der Waals surface area contributed by atoms with Crippen LogP contribution in [0.3, 0.4) is 0 Å². The van der Waals surface area contributed by atoms with Crippen molar-refractivity contribution in [2.45, 2.75) is 46.5 Å². The second-order valence-electron chi connectivity index (χ2n) is 6.84. The Hall–Kier alpha value is -2.81. The van der Waals surface area contributed by atoms with E-state index in [4.69, 9.17) is 4.74 Å². The van der Waals surface area contributed by atoms with Crippen molar-refractivity contribution in [3.05, 3.63) is 87.6 Å². The summed E-state index contributed by atoms with van der Waals surface area (Å²) in [7, 11) is 0. The third-order valence-corrected chi connectivity index (χ3v) is 4.84. The normalized spacial score (nSPS) is 14.7.